The van der Waals surface area contributed by atoms with Crippen molar-refractivity contribution < 1.29 is 9.90 Å². The van der Waals surface area contributed by atoms with Gasteiger partial charge >= 0.3 is 5.97 Å². The lowest BCUT2D eigenvalue weighted by atomic mass is 10.1. The second-order valence-electron chi connectivity index (χ2n) is 4.45. The van der Waals surface area contributed by atoms with Crippen molar-refractivity contribution in [2.45, 2.75) is 19.4 Å². The maximum atomic E-state index is 10.4. The summed E-state index contributed by atoms with van der Waals surface area (Å²) in [5.41, 5.74) is 1.93. The van der Waals surface area contributed by atoms with E-state index in [-0.39, 0.29) is 6.42 Å². The van der Waals surface area contributed by atoms with E-state index < -0.39 is 5.97 Å². The Morgan fingerprint density at radius 2 is 2.05 bits per heavy atom. The number of carbonyl (C=O) groups is 1. The molecule has 1 rings (SSSR count). The molecule has 0 bridgehead atoms. The molecule has 6 heteroatoms. The van der Waals surface area contributed by atoms with Crippen LogP contribution in [0.25, 0.3) is 0 Å². The Kier molecular flexibility index (Phi) is 6.42. The maximum absolute atomic E-state index is 10.4. The van der Waals surface area contributed by atoms with Gasteiger partial charge in [0.15, 0.2) is 0 Å². The predicted octanol–water partition coefficient (Wildman–Crippen LogP) is 3.01. The fourth-order valence-electron chi connectivity index (χ4n) is 1.74. The molecule has 19 heavy (non-hydrogen) atoms. The van der Waals surface area contributed by atoms with Crippen molar-refractivity contribution in [3.05, 3.63) is 27.7 Å². The van der Waals surface area contributed by atoms with Gasteiger partial charge in [0.1, 0.15) is 0 Å². The summed E-state index contributed by atoms with van der Waals surface area (Å²) in [6.07, 6.45) is 0.764. The minimum Gasteiger partial charge on any atom is -0.481 e. The first-order chi connectivity index (χ1) is 8.91. The summed E-state index contributed by atoms with van der Waals surface area (Å²) in [6, 6.07) is 3.58. The first-order valence-electron chi connectivity index (χ1n) is 5.99. The van der Waals surface area contributed by atoms with Gasteiger partial charge in [0.05, 0.1) is 0 Å². The third-order valence-corrected chi connectivity index (χ3v) is 3.22. The van der Waals surface area contributed by atoms with Crippen LogP contribution in [0, 0.1) is 0 Å². The Morgan fingerprint density at radius 3 is 2.63 bits per heavy atom. The molecule has 0 amide bonds. The van der Waals surface area contributed by atoms with E-state index in [2.05, 4.69) is 5.32 Å². The zero-order valence-corrected chi connectivity index (χ0v) is 12.6. The lowest BCUT2D eigenvalue weighted by Gasteiger charge is -2.19. The number of nitrogens with zero attached hydrogens (tertiary/aromatic N) is 1. The van der Waals surface area contributed by atoms with Crippen molar-refractivity contribution in [3.8, 4) is 0 Å². The van der Waals surface area contributed by atoms with Crippen LogP contribution in [0.5, 0.6) is 0 Å². The first-order valence-corrected chi connectivity index (χ1v) is 6.75. The smallest absolute Gasteiger partial charge is 0.303 e. The summed E-state index contributed by atoms with van der Waals surface area (Å²) < 4.78 is 0. The monoisotopic (exact) mass is 304 g/mol. The average Bonchev–Trinajstić information content (AvgIpc) is 2.29. The van der Waals surface area contributed by atoms with Gasteiger partial charge in [-0.15, -0.1) is 0 Å². The van der Waals surface area contributed by atoms with E-state index in [1.165, 1.54) is 0 Å². The molecule has 0 aliphatic heterocycles. The highest BCUT2D eigenvalue weighted by Gasteiger charge is 2.10. The minimum atomic E-state index is -0.777. The molecule has 2 N–H and O–H groups in total. The van der Waals surface area contributed by atoms with Crippen molar-refractivity contribution in [3.63, 3.8) is 0 Å². The summed E-state index contributed by atoms with van der Waals surface area (Å²) in [4.78, 5) is 12.3. The molecular formula is C13H18Cl2N2O2. The zero-order chi connectivity index (χ0) is 14.4. The molecule has 0 saturated carbocycles. The number of rotatable bonds is 7. The van der Waals surface area contributed by atoms with Crippen LogP contribution >= 0.6 is 23.2 Å². The number of halogens is 2. The van der Waals surface area contributed by atoms with E-state index in [0.29, 0.717) is 29.6 Å². The molecule has 1 aromatic carbocycles. The van der Waals surface area contributed by atoms with Crippen molar-refractivity contribution in [2.75, 3.05) is 25.5 Å². The van der Waals surface area contributed by atoms with Crippen LogP contribution in [0.2, 0.25) is 10.0 Å². The number of aliphatic carboxylic acids is 1. The Labute approximate surface area is 123 Å². The van der Waals surface area contributed by atoms with Gasteiger partial charge in [0.2, 0.25) is 0 Å². The molecule has 0 aromatic heterocycles. The largest absolute Gasteiger partial charge is 0.481 e. The van der Waals surface area contributed by atoms with Crippen LogP contribution in [-0.2, 0) is 11.3 Å². The van der Waals surface area contributed by atoms with Crippen LogP contribution in [-0.4, -0.2) is 31.7 Å². The van der Waals surface area contributed by atoms with Gasteiger partial charge in [-0.1, -0.05) is 23.2 Å². The van der Waals surface area contributed by atoms with E-state index in [9.17, 15) is 4.79 Å². The fourth-order valence-corrected chi connectivity index (χ4v) is 2.29. The highest BCUT2D eigenvalue weighted by atomic mass is 35.5. The van der Waals surface area contributed by atoms with Gasteiger partial charge in [0, 0.05) is 48.4 Å². The lowest BCUT2D eigenvalue weighted by Crippen LogP contribution is -2.19. The van der Waals surface area contributed by atoms with Crippen LogP contribution in [0.15, 0.2) is 12.1 Å². The van der Waals surface area contributed by atoms with Crippen molar-refractivity contribution in [1.29, 1.82) is 0 Å². The Morgan fingerprint density at radius 1 is 1.37 bits per heavy atom. The number of anilines is 1. The van der Waals surface area contributed by atoms with Gasteiger partial charge in [-0.2, -0.15) is 0 Å². The van der Waals surface area contributed by atoms with Gasteiger partial charge in [-0.3, -0.25) is 4.79 Å². The molecule has 0 heterocycles. The Bertz CT molecular complexity index is 451. The zero-order valence-electron chi connectivity index (χ0n) is 11.0. The number of carboxylic acids is 1. The van der Waals surface area contributed by atoms with Crippen LogP contribution < -0.4 is 10.2 Å². The molecule has 4 nitrogen and oxygen atoms in total. The highest BCUT2D eigenvalue weighted by molar-refractivity contribution is 6.35. The van der Waals surface area contributed by atoms with Crippen molar-refractivity contribution in [1.82, 2.24) is 5.32 Å². The molecule has 0 aliphatic rings. The lowest BCUT2D eigenvalue weighted by molar-refractivity contribution is -0.137. The molecule has 0 unspecified atom stereocenters. The van der Waals surface area contributed by atoms with Crippen LogP contribution in [0.3, 0.4) is 0 Å². The number of nitrogens with one attached hydrogen (secondary N) is 1. The summed E-state index contributed by atoms with van der Waals surface area (Å²) in [7, 11) is 3.85. The summed E-state index contributed by atoms with van der Waals surface area (Å²) in [5.74, 6) is -0.777. The van der Waals surface area contributed by atoms with E-state index in [1.54, 1.807) is 6.07 Å². The Balaban J connectivity index is 2.64. The number of hydrogen-bond acceptors (Lipinski definition) is 3. The summed E-state index contributed by atoms with van der Waals surface area (Å²) in [6.45, 7) is 1.22. The van der Waals surface area contributed by atoms with E-state index >= 15 is 0 Å². The van der Waals surface area contributed by atoms with E-state index in [4.69, 9.17) is 28.3 Å². The van der Waals surface area contributed by atoms with Gasteiger partial charge < -0.3 is 15.3 Å². The SMILES string of the molecule is CN(C)c1cc(Cl)cc(Cl)c1CNCCCC(=O)O. The third-order valence-electron chi connectivity index (χ3n) is 2.66. The molecule has 0 aliphatic carbocycles. The third kappa shape index (κ3) is 5.27. The van der Waals surface area contributed by atoms with Crippen LogP contribution in [0.1, 0.15) is 18.4 Å². The van der Waals surface area contributed by atoms with E-state index in [0.717, 1.165) is 11.3 Å². The molecule has 1 aromatic rings. The molecule has 0 atom stereocenters. The quantitative estimate of drug-likeness (QED) is 0.760. The Hall–Kier alpha value is -0.970. The molecule has 0 spiro atoms. The summed E-state index contributed by atoms with van der Waals surface area (Å²) >= 11 is 12.2. The molecular weight excluding hydrogens is 287 g/mol. The van der Waals surface area contributed by atoms with Gasteiger partial charge in [-0.25, -0.2) is 0 Å². The minimum absolute atomic E-state index is 0.169. The molecule has 106 valence electrons. The molecule has 0 fully saturated rings. The topological polar surface area (TPSA) is 52.6 Å². The van der Waals surface area contributed by atoms with E-state index in [1.807, 2.05) is 25.1 Å². The average molecular weight is 305 g/mol. The number of hydrogen-bond donors (Lipinski definition) is 2. The standard InChI is InChI=1S/C13H18Cl2N2O2/c1-17(2)12-7-9(14)6-11(15)10(12)8-16-5-3-4-13(18)19/h6-7,16H,3-5,8H2,1-2H3,(H,18,19). The van der Waals surface area contributed by atoms with Crippen molar-refractivity contribution in [2.24, 2.45) is 0 Å². The summed E-state index contributed by atoms with van der Waals surface area (Å²) in [5, 5.41) is 13.0. The normalized spacial score (nSPS) is 10.5. The van der Waals surface area contributed by atoms with Gasteiger partial charge in [-0.05, 0) is 25.1 Å². The second-order valence-corrected chi connectivity index (χ2v) is 5.30. The predicted molar refractivity (Wildman–Crippen MR) is 79.4 cm³/mol. The highest BCUT2D eigenvalue weighted by Crippen LogP contribution is 2.30. The second kappa shape index (κ2) is 7.58. The van der Waals surface area contributed by atoms with Crippen molar-refractivity contribution >= 4 is 34.9 Å². The fraction of sp³-hybridized carbons (Fsp3) is 0.462. The van der Waals surface area contributed by atoms with Gasteiger partial charge in [0.25, 0.3) is 0 Å². The molecule has 0 saturated heterocycles. The first kappa shape index (κ1) is 16.1. The molecule has 0 radical (unpaired) electrons. The van der Waals surface area contributed by atoms with Crippen LogP contribution in [0.4, 0.5) is 5.69 Å². The number of benzene rings is 1. The maximum Gasteiger partial charge on any atom is 0.303 e. The number of carboxylic acid groups (broad SMARTS) is 1.